The highest BCUT2D eigenvalue weighted by Gasteiger charge is 1.99. The highest BCUT2D eigenvalue weighted by molar-refractivity contribution is 6.28. The number of benzene rings is 1. The molecule has 1 aromatic heterocycles. The van der Waals surface area contributed by atoms with Crippen LogP contribution in [-0.4, -0.2) is 15.0 Å². The SMILES string of the molecule is N#Cc1ccc(Nc2ncnc(Cl)n2)cc1. The molecule has 0 aliphatic rings. The number of nitrogens with one attached hydrogen (secondary N) is 1. The van der Waals surface area contributed by atoms with Crippen molar-refractivity contribution in [3.63, 3.8) is 0 Å². The number of rotatable bonds is 2. The van der Waals surface area contributed by atoms with Gasteiger partial charge in [0.2, 0.25) is 11.2 Å². The zero-order valence-corrected chi connectivity index (χ0v) is 8.81. The molecule has 0 saturated heterocycles. The smallest absolute Gasteiger partial charge is 0.231 e. The predicted octanol–water partition coefficient (Wildman–Crippen LogP) is 2.14. The van der Waals surface area contributed by atoms with Crippen molar-refractivity contribution in [2.24, 2.45) is 0 Å². The Hall–Kier alpha value is -2.19. The standard InChI is InChI=1S/C10H6ClN5/c11-9-13-6-14-10(16-9)15-8-3-1-7(5-12)2-4-8/h1-4,6H,(H,13,14,15,16). The fourth-order valence-electron chi connectivity index (χ4n) is 1.09. The van der Waals surface area contributed by atoms with Gasteiger partial charge < -0.3 is 5.32 Å². The number of nitrogens with zero attached hydrogens (tertiary/aromatic N) is 4. The molecule has 0 aliphatic carbocycles. The first-order chi connectivity index (χ1) is 7.78. The number of nitriles is 1. The van der Waals surface area contributed by atoms with E-state index in [0.29, 0.717) is 11.5 Å². The first-order valence-electron chi connectivity index (χ1n) is 4.39. The van der Waals surface area contributed by atoms with Crippen LogP contribution in [0.4, 0.5) is 11.6 Å². The van der Waals surface area contributed by atoms with E-state index >= 15 is 0 Å². The molecule has 78 valence electrons. The van der Waals surface area contributed by atoms with E-state index in [1.807, 2.05) is 6.07 Å². The van der Waals surface area contributed by atoms with Crippen LogP contribution < -0.4 is 5.32 Å². The zero-order valence-electron chi connectivity index (χ0n) is 8.05. The molecule has 0 atom stereocenters. The van der Waals surface area contributed by atoms with Crippen LogP contribution in [0.3, 0.4) is 0 Å². The molecule has 6 heteroatoms. The Bertz CT molecular complexity index is 532. The fraction of sp³-hybridized carbons (Fsp3) is 0. The van der Waals surface area contributed by atoms with Crippen molar-refractivity contribution >= 4 is 23.2 Å². The molecule has 0 saturated carbocycles. The first kappa shape index (κ1) is 10.3. The van der Waals surface area contributed by atoms with Crippen molar-refractivity contribution in [3.05, 3.63) is 41.4 Å². The number of aromatic nitrogens is 3. The minimum Gasteiger partial charge on any atom is -0.324 e. The molecule has 2 rings (SSSR count). The molecule has 5 nitrogen and oxygen atoms in total. The highest BCUT2D eigenvalue weighted by atomic mass is 35.5. The van der Waals surface area contributed by atoms with Crippen LogP contribution in [0.5, 0.6) is 0 Å². The van der Waals surface area contributed by atoms with Gasteiger partial charge in [-0.2, -0.15) is 10.2 Å². The fourth-order valence-corrected chi connectivity index (χ4v) is 1.22. The summed E-state index contributed by atoms with van der Waals surface area (Å²) in [4.78, 5) is 11.4. The molecule has 1 heterocycles. The zero-order chi connectivity index (χ0) is 11.4. The second kappa shape index (κ2) is 4.55. The van der Waals surface area contributed by atoms with E-state index in [9.17, 15) is 0 Å². The Morgan fingerprint density at radius 1 is 1.19 bits per heavy atom. The molecule has 0 aliphatic heterocycles. The van der Waals surface area contributed by atoms with E-state index in [1.165, 1.54) is 6.33 Å². The largest absolute Gasteiger partial charge is 0.324 e. The summed E-state index contributed by atoms with van der Waals surface area (Å²) in [5, 5.41) is 11.7. The third-order valence-electron chi connectivity index (χ3n) is 1.81. The van der Waals surface area contributed by atoms with Gasteiger partial charge in [0.15, 0.2) is 0 Å². The van der Waals surface area contributed by atoms with E-state index in [0.717, 1.165) is 5.69 Å². The van der Waals surface area contributed by atoms with E-state index in [2.05, 4.69) is 20.3 Å². The Labute approximate surface area is 96.8 Å². The highest BCUT2D eigenvalue weighted by Crippen LogP contribution is 2.13. The van der Waals surface area contributed by atoms with Crippen molar-refractivity contribution < 1.29 is 0 Å². The molecule has 0 fully saturated rings. The average molecular weight is 232 g/mol. The van der Waals surface area contributed by atoms with Crippen LogP contribution in [0, 0.1) is 11.3 Å². The maximum atomic E-state index is 8.63. The summed E-state index contributed by atoms with van der Waals surface area (Å²) < 4.78 is 0. The van der Waals surface area contributed by atoms with Crippen LogP contribution in [0.2, 0.25) is 5.28 Å². The second-order valence-electron chi connectivity index (χ2n) is 2.89. The van der Waals surface area contributed by atoms with Crippen molar-refractivity contribution in [1.29, 1.82) is 5.26 Å². The van der Waals surface area contributed by atoms with Gasteiger partial charge in [-0.15, -0.1) is 0 Å². The molecule has 0 amide bonds. The lowest BCUT2D eigenvalue weighted by atomic mass is 10.2. The number of hydrogen-bond acceptors (Lipinski definition) is 5. The first-order valence-corrected chi connectivity index (χ1v) is 4.77. The van der Waals surface area contributed by atoms with Gasteiger partial charge in [-0.05, 0) is 35.9 Å². The summed E-state index contributed by atoms with van der Waals surface area (Å²) in [5.74, 6) is 0.365. The molecular formula is C10H6ClN5. The summed E-state index contributed by atoms with van der Waals surface area (Å²) in [6.45, 7) is 0. The normalized spacial score (nSPS) is 9.50. The van der Waals surface area contributed by atoms with E-state index < -0.39 is 0 Å². The second-order valence-corrected chi connectivity index (χ2v) is 3.23. The van der Waals surface area contributed by atoms with Crippen molar-refractivity contribution in [2.45, 2.75) is 0 Å². The van der Waals surface area contributed by atoms with Crippen molar-refractivity contribution in [3.8, 4) is 6.07 Å². The van der Waals surface area contributed by atoms with Crippen LogP contribution in [0.1, 0.15) is 5.56 Å². The topological polar surface area (TPSA) is 74.5 Å². The third kappa shape index (κ3) is 2.43. The lowest BCUT2D eigenvalue weighted by Crippen LogP contribution is -1.97. The lowest BCUT2D eigenvalue weighted by Gasteiger charge is -2.03. The molecule has 2 aromatic rings. The van der Waals surface area contributed by atoms with Crippen LogP contribution in [0.25, 0.3) is 0 Å². The van der Waals surface area contributed by atoms with Gasteiger partial charge >= 0.3 is 0 Å². The van der Waals surface area contributed by atoms with Crippen molar-refractivity contribution in [2.75, 3.05) is 5.32 Å². The van der Waals surface area contributed by atoms with E-state index in [1.54, 1.807) is 24.3 Å². The summed E-state index contributed by atoms with van der Waals surface area (Å²) in [5.41, 5.74) is 1.38. The summed E-state index contributed by atoms with van der Waals surface area (Å²) in [6.07, 6.45) is 1.32. The predicted molar refractivity (Wildman–Crippen MR) is 59.3 cm³/mol. The lowest BCUT2D eigenvalue weighted by molar-refractivity contribution is 1.05. The van der Waals surface area contributed by atoms with Gasteiger partial charge in [0.1, 0.15) is 6.33 Å². The Morgan fingerprint density at radius 2 is 1.94 bits per heavy atom. The third-order valence-corrected chi connectivity index (χ3v) is 1.99. The summed E-state index contributed by atoms with van der Waals surface area (Å²) in [7, 11) is 0. The molecule has 1 N–H and O–H groups in total. The molecule has 0 radical (unpaired) electrons. The van der Waals surface area contributed by atoms with Gasteiger partial charge in [0.05, 0.1) is 11.6 Å². The number of anilines is 2. The van der Waals surface area contributed by atoms with Gasteiger partial charge in [0.25, 0.3) is 0 Å². The minimum atomic E-state index is 0.131. The maximum absolute atomic E-state index is 8.63. The molecule has 0 spiro atoms. The maximum Gasteiger partial charge on any atom is 0.231 e. The molecule has 1 aromatic carbocycles. The summed E-state index contributed by atoms with van der Waals surface area (Å²) >= 11 is 5.61. The molecule has 0 unspecified atom stereocenters. The van der Waals surface area contributed by atoms with Crippen LogP contribution >= 0.6 is 11.6 Å². The Morgan fingerprint density at radius 3 is 2.56 bits per heavy atom. The van der Waals surface area contributed by atoms with Gasteiger partial charge in [-0.1, -0.05) is 0 Å². The van der Waals surface area contributed by atoms with Crippen molar-refractivity contribution in [1.82, 2.24) is 15.0 Å². The Kier molecular flexibility index (Phi) is 2.94. The van der Waals surface area contributed by atoms with Gasteiger partial charge in [-0.3, -0.25) is 0 Å². The minimum absolute atomic E-state index is 0.131. The quantitative estimate of drug-likeness (QED) is 0.857. The van der Waals surface area contributed by atoms with E-state index in [-0.39, 0.29) is 5.28 Å². The van der Waals surface area contributed by atoms with Crippen LogP contribution in [0.15, 0.2) is 30.6 Å². The number of halogens is 1. The average Bonchev–Trinajstić information content (AvgIpc) is 2.30. The number of hydrogen-bond donors (Lipinski definition) is 1. The summed E-state index contributed by atoms with van der Waals surface area (Å²) in [6, 6.07) is 8.96. The monoisotopic (exact) mass is 231 g/mol. The van der Waals surface area contributed by atoms with Gasteiger partial charge in [0, 0.05) is 5.69 Å². The van der Waals surface area contributed by atoms with Crippen LogP contribution in [-0.2, 0) is 0 Å². The molecular weight excluding hydrogens is 226 g/mol. The Balaban J connectivity index is 2.18. The van der Waals surface area contributed by atoms with E-state index in [4.69, 9.17) is 16.9 Å². The van der Waals surface area contributed by atoms with Gasteiger partial charge in [-0.25, -0.2) is 9.97 Å². The molecule has 16 heavy (non-hydrogen) atoms. The molecule has 0 bridgehead atoms.